The Morgan fingerprint density at radius 3 is 2.90 bits per heavy atom. The van der Waals surface area contributed by atoms with Gasteiger partial charge in [0.2, 0.25) is 0 Å². The molecular formula is C24H28N2O3. The van der Waals surface area contributed by atoms with Crippen LogP contribution in [-0.4, -0.2) is 32.8 Å². The van der Waals surface area contributed by atoms with Crippen LogP contribution in [0.25, 0.3) is 0 Å². The maximum absolute atomic E-state index is 12.5. The first-order valence-corrected chi connectivity index (χ1v) is 10.3. The molecule has 2 aromatic carbocycles. The van der Waals surface area contributed by atoms with E-state index in [1.807, 2.05) is 37.3 Å². The predicted molar refractivity (Wildman–Crippen MR) is 115 cm³/mol. The molecule has 4 rings (SSSR count). The molecule has 0 saturated heterocycles. The van der Waals surface area contributed by atoms with Gasteiger partial charge in [0.15, 0.2) is 0 Å². The number of amides is 1. The molecule has 2 aliphatic rings. The van der Waals surface area contributed by atoms with Crippen molar-refractivity contribution in [3.8, 4) is 5.75 Å². The molecule has 2 aromatic rings. The number of para-hydroxylation sites is 1. The van der Waals surface area contributed by atoms with Crippen molar-refractivity contribution in [2.45, 2.75) is 25.3 Å². The standard InChI is InChI=1S/C24H28N2O3/c1-3-29-22-10-5-4-7-19(22)23-18-9-6-8-17(18)20-15-16(11-12-21(20)26-23)24(27)25-13-14-28-2/h4-8,10-12,15,17-18,23,26H,3,9,13-14H2,1-2H3,(H,25,27). The molecule has 2 N–H and O–H groups in total. The monoisotopic (exact) mass is 392 g/mol. The highest BCUT2D eigenvalue weighted by atomic mass is 16.5. The molecule has 29 heavy (non-hydrogen) atoms. The molecule has 1 heterocycles. The molecule has 0 radical (unpaired) electrons. The number of ether oxygens (including phenoxy) is 2. The Labute approximate surface area is 172 Å². The number of hydrogen-bond acceptors (Lipinski definition) is 4. The highest BCUT2D eigenvalue weighted by Gasteiger charge is 2.39. The van der Waals surface area contributed by atoms with Gasteiger partial charge in [-0.2, -0.15) is 0 Å². The van der Waals surface area contributed by atoms with Gasteiger partial charge >= 0.3 is 0 Å². The summed E-state index contributed by atoms with van der Waals surface area (Å²) in [4.78, 5) is 12.5. The number of fused-ring (bicyclic) bond motifs is 3. The fourth-order valence-corrected chi connectivity index (χ4v) is 4.44. The lowest BCUT2D eigenvalue weighted by Gasteiger charge is -2.38. The summed E-state index contributed by atoms with van der Waals surface area (Å²) in [6.45, 7) is 3.67. The lowest BCUT2D eigenvalue weighted by atomic mass is 9.76. The molecule has 0 saturated carbocycles. The van der Waals surface area contributed by atoms with E-state index >= 15 is 0 Å². The quantitative estimate of drug-likeness (QED) is 0.545. The van der Waals surface area contributed by atoms with Crippen molar-refractivity contribution < 1.29 is 14.3 Å². The van der Waals surface area contributed by atoms with E-state index in [-0.39, 0.29) is 17.9 Å². The van der Waals surface area contributed by atoms with E-state index in [1.165, 1.54) is 11.1 Å². The van der Waals surface area contributed by atoms with Crippen LogP contribution in [0.3, 0.4) is 0 Å². The predicted octanol–water partition coefficient (Wildman–Crippen LogP) is 4.29. The Morgan fingerprint density at radius 1 is 1.21 bits per heavy atom. The highest BCUT2D eigenvalue weighted by Crippen LogP contribution is 2.51. The second-order valence-corrected chi connectivity index (χ2v) is 7.50. The number of nitrogens with one attached hydrogen (secondary N) is 2. The third-order valence-corrected chi connectivity index (χ3v) is 5.77. The van der Waals surface area contributed by atoms with Crippen LogP contribution in [-0.2, 0) is 4.74 Å². The summed E-state index contributed by atoms with van der Waals surface area (Å²) >= 11 is 0. The van der Waals surface area contributed by atoms with Crippen molar-refractivity contribution >= 4 is 11.6 Å². The lowest BCUT2D eigenvalue weighted by molar-refractivity contribution is 0.0937. The minimum atomic E-state index is -0.0628. The van der Waals surface area contributed by atoms with Crippen LogP contribution in [0.1, 0.15) is 46.8 Å². The maximum Gasteiger partial charge on any atom is 0.251 e. The molecule has 1 aliphatic carbocycles. The molecule has 152 valence electrons. The minimum absolute atomic E-state index is 0.0628. The molecular weight excluding hydrogens is 364 g/mol. The Morgan fingerprint density at radius 2 is 2.07 bits per heavy atom. The highest BCUT2D eigenvalue weighted by molar-refractivity contribution is 5.95. The average Bonchev–Trinajstić information content (AvgIpc) is 3.24. The maximum atomic E-state index is 12.5. The number of methoxy groups -OCH3 is 1. The normalized spacial score (nSPS) is 21.8. The van der Waals surface area contributed by atoms with Gasteiger partial charge in [-0.3, -0.25) is 4.79 Å². The van der Waals surface area contributed by atoms with Crippen molar-refractivity contribution in [1.29, 1.82) is 0 Å². The SMILES string of the molecule is CCOc1ccccc1C1Nc2ccc(C(=O)NCCOC)cc2C2C=CCC21. The minimum Gasteiger partial charge on any atom is -0.494 e. The first-order valence-electron chi connectivity index (χ1n) is 10.3. The summed E-state index contributed by atoms with van der Waals surface area (Å²) < 4.78 is 10.9. The number of anilines is 1. The van der Waals surface area contributed by atoms with Crippen LogP contribution >= 0.6 is 0 Å². The van der Waals surface area contributed by atoms with Crippen molar-refractivity contribution in [3.05, 3.63) is 71.3 Å². The van der Waals surface area contributed by atoms with E-state index in [2.05, 4.69) is 34.9 Å². The Bertz CT molecular complexity index is 909. The van der Waals surface area contributed by atoms with E-state index in [0.717, 1.165) is 17.9 Å². The van der Waals surface area contributed by atoms with Gasteiger partial charge < -0.3 is 20.1 Å². The summed E-state index contributed by atoms with van der Waals surface area (Å²) in [5, 5.41) is 6.63. The van der Waals surface area contributed by atoms with Gasteiger partial charge in [0, 0.05) is 36.4 Å². The molecule has 0 bridgehead atoms. The lowest BCUT2D eigenvalue weighted by Crippen LogP contribution is -2.30. The van der Waals surface area contributed by atoms with Crippen LogP contribution in [0.4, 0.5) is 5.69 Å². The summed E-state index contributed by atoms with van der Waals surface area (Å²) in [5.74, 6) is 1.57. The van der Waals surface area contributed by atoms with Crippen molar-refractivity contribution in [1.82, 2.24) is 5.32 Å². The fourth-order valence-electron chi connectivity index (χ4n) is 4.44. The Kier molecular flexibility index (Phi) is 5.86. The average molecular weight is 392 g/mol. The molecule has 1 aliphatic heterocycles. The smallest absolute Gasteiger partial charge is 0.251 e. The molecule has 0 fully saturated rings. The van der Waals surface area contributed by atoms with E-state index in [4.69, 9.17) is 9.47 Å². The third kappa shape index (κ3) is 3.87. The van der Waals surface area contributed by atoms with Gasteiger partial charge in [0.05, 0.1) is 19.3 Å². The van der Waals surface area contributed by atoms with Gasteiger partial charge in [0.1, 0.15) is 5.75 Å². The summed E-state index contributed by atoms with van der Waals surface area (Å²) in [6.07, 6.45) is 5.55. The molecule has 0 aromatic heterocycles. The number of carbonyl (C=O) groups excluding carboxylic acids is 1. The van der Waals surface area contributed by atoms with Gasteiger partial charge in [-0.1, -0.05) is 30.4 Å². The molecule has 1 amide bonds. The van der Waals surface area contributed by atoms with Crippen LogP contribution in [0, 0.1) is 5.92 Å². The fraction of sp³-hybridized carbons (Fsp3) is 0.375. The molecule has 3 atom stereocenters. The number of hydrogen-bond donors (Lipinski definition) is 2. The first-order chi connectivity index (χ1) is 14.2. The van der Waals surface area contributed by atoms with Gasteiger partial charge in [-0.05, 0) is 49.1 Å². The Balaban J connectivity index is 1.64. The van der Waals surface area contributed by atoms with Crippen LogP contribution in [0.2, 0.25) is 0 Å². The molecule has 5 heteroatoms. The first kappa shape index (κ1) is 19.5. The van der Waals surface area contributed by atoms with Gasteiger partial charge in [-0.15, -0.1) is 0 Å². The van der Waals surface area contributed by atoms with Crippen LogP contribution in [0.15, 0.2) is 54.6 Å². The number of benzene rings is 2. The molecule has 5 nitrogen and oxygen atoms in total. The van der Waals surface area contributed by atoms with E-state index < -0.39 is 0 Å². The number of carbonyl (C=O) groups is 1. The second-order valence-electron chi connectivity index (χ2n) is 7.50. The number of rotatable bonds is 7. The van der Waals surface area contributed by atoms with Crippen molar-refractivity contribution in [2.24, 2.45) is 5.92 Å². The van der Waals surface area contributed by atoms with Crippen LogP contribution < -0.4 is 15.4 Å². The molecule has 3 unspecified atom stereocenters. The van der Waals surface area contributed by atoms with Gasteiger partial charge in [-0.25, -0.2) is 0 Å². The Hall–Kier alpha value is -2.79. The largest absolute Gasteiger partial charge is 0.494 e. The summed E-state index contributed by atoms with van der Waals surface area (Å²) in [5.41, 5.74) is 4.16. The third-order valence-electron chi connectivity index (χ3n) is 5.77. The van der Waals surface area contributed by atoms with E-state index in [0.29, 0.717) is 31.2 Å². The zero-order valence-corrected chi connectivity index (χ0v) is 17.0. The summed E-state index contributed by atoms with van der Waals surface area (Å²) in [6, 6.07) is 14.4. The topological polar surface area (TPSA) is 59.6 Å². The zero-order chi connectivity index (χ0) is 20.2. The zero-order valence-electron chi connectivity index (χ0n) is 17.0. The van der Waals surface area contributed by atoms with Gasteiger partial charge in [0.25, 0.3) is 5.91 Å². The summed E-state index contributed by atoms with van der Waals surface area (Å²) in [7, 11) is 1.63. The second kappa shape index (κ2) is 8.70. The van der Waals surface area contributed by atoms with Crippen molar-refractivity contribution in [3.63, 3.8) is 0 Å². The van der Waals surface area contributed by atoms with Crippen molar-refractivity contribution in [2.75, 3.05) is 32.2 Å². The van der Waals surface area contributed by atoms with E-state index in [9.17, 15) is 4.79 Å². The van der Waals surface area contributed by atoms with E-state index in [1.54, 1.807) is 7.11 Å². The molecule has 0 spiro atoms. The number of allylic oxidation sites excluding steroid dienone is 2. The van der Waals surface area contributed by atoms with Crippen LogP contribution in [0.5, 0.6) is 5.75 Å².